The Morgan fingerprint density at radius 1 is 0.857 bits per heavy atom. The van der Waals surface area contributed by atoms with E-state index in [4.69, 9.17) is 33.3 Å². The highest BCUT2D eigenvalue weighted by molar-refractivity contribution is 7.47. The Bertz CT molecular complexity index is 2270. The number of nitrogens with zero attached hydrogens (tertiary/aromatic N) is 9. The number of aliphatic hydroxyl groups is 2. The number of aryl methyl sites for hydroxylation is 2. The Labute approximate surface area is 272 Å². The molecule has 6 N–H and O–H groups in total. The number of nitrogen functional groups attached to an aromatic ring is 1. The Morgan fingerprint density at radius 2 is 1.49 bits per heavy atom. The average Bonchev–Trinajstić information content (AvgIpc) is 3.85. The maximum absolute atomic E-state index is 13.3. The molecule has 262 valence electrons. The molecule has 23 nitrogen and oxygen atoms in total. The van der Waals surface area contributed by atoms with Gasteiger partial charge in [0.05, 0.1) is 25.9 Å². The summed E-state index contributed by atoms with van der Waals surface area (Å²) in [6.45, 7) is 0.152. The van der Waals surface area contributed by atoms with Crippen molar-refractivity contribution in [2.75, 3.05) is 18.9 Å². The van der Waals surface area contributed by atoms with Gasteiger partial charge in [0.15, 0.2) is 35.1 Å². The first-order valence-electron chi connectivity index (χ1n) is 14.6. The number of imidazole rings is 3. The third-order valence-corrected chi connectivity index (χ3v) is 10.6. The summed E-state index contributed by atoms with van der Waals surface area (Å²) in [7, 11) is -8.49. The summed E-state index contributed by atoms with van der Waals surface area (Å²) < 4.78 is 64.9. The molecule has 0 saturated carbocycles. The maximum Gasteiger partial charge on any atom is 0.472 e. The minimum absolute atomic E-state index is 0.0115. The van der Waals surface area contributed by atoms with E-state index in [-0.39, 0.29) is 33.9 Å². The third-order valence-electron chi connectivity index (χ3n) is 8.63. The highest BCUT2D eigenvalue weighted by atomic mass is 31.2. The normalized spacial score (nSPS) is 35.8. The first-order valence-corrected chi connectivity index (χ1v) is 17.5. The fraction of sp³-hybridized carbons (Fsp3) is 0.500. The number of rotatable bonds is 2. The molecule has 3 saturated heterocycles. The summed E-state index contributed by atoms with van der Waals surface area (Å²) in [6, 6.07) is 0. The second-order valence-electron chi connectivity index (χ2n) is 11.6. The largest absolute Gasteiger partial charge is 0.472 e. The smallest absolute Gasteiger partial charge is 0.387 e. The van der Waals surface area contributed by atoms with Gasteiger partial charge in [0.2, 0.25) is 5.78 Å². The molecule has 25 heteroatoms. The SMILES string of the molecule is Cc1cn2c(=O)c3ncn([C@@H]4O[C@@H]5COP(=O)(O)O[C@@H]6[C@H](O)[C@@H](COP(=O)(O)O[C@H]5[C@H]4O)O[C@H]6n4cnc5c(N)ncnc54)c3nc2n1C. The molecule has 2 bridgehead atoms. The van der Waals surface area contributed by atoms with Gasteiger partial charge in [0.1, 0.15) is 48.5 Å². The van der Waals surface area contributed by atoms with Gasteiger partial charge in [-0.1, -0.05) is 0 Å². The summed E-state index contributed by atoms with van der Waals surface area (Å²) in [5.74, 6) is 0.285. The van der Waals surface area contributed by atoms with E-state index in [9.17, 15) is 33.9 Å². The highest BCUT2D eigenvalue weighted by Gasteiger charge is 2.54. The molecule has 49 heavy (non-hydrogen) atoms. The zero-order valence-corrected chi connectivity index (χ0v) is 27.1. The molecule has 3 aliphatic heterocycles. The number of nitrogens with two attached hydrogens (primary N) is 1. The number of hydrogen-bond donors (Lipinski definition) is 5. The van der Waals surface area contributed by atoms with Crippen LogP contribution in [0.25, 0.3) is 28.1 Å². The number of ether oxygens (including phenoxy) is 2. The van der Waals surface area contributed by atoms with Gasteiger partial charge in [0.25, 0.3) is 5.56 Å². The van der Waals surface area contributed by atoms with Crippen molar-refractivity contribution < 1.29 is 56.7 Å². The summed E-state index contributed by atoms with van der Waals surface area (Å²) in [6.07, 6.45) is -7.45. The molecule has 0 radical (unpaired) electrons. The van der Waals surface area contributed by atoms with Crippen LogP contribution in [0.5, 0.6) is 0 Å². The van der Waals surface area contributed by atoms with Crippen molar-refractivity contribution in [1.82, 2.24) is 43.0 Å². The standard InChI is InChI=1S/C24H28N10O13P2/c1-9-3-32-21(37)13-20(30-24(32)31(9)2)34(8-29-13)22-15(36)16-11(45-22)5-43-49(40,41)47-17-14(35)10(4-42-48(38,39)46-16)44-23(17)33-7-28-12-18(25)26-6-27-19(12)33/h3,6-8,10-11,14-17,22-23,35-36H,4-5H2,1-2H3,(H,38,39)(H,40,41)(H2,25,26,27)/t10-,11-,14-,15-,16-,17-,22-,23-/m1/s1. The first kappa shape index (κ1) is 32.5. The van der Waals surface area contributed by atoms with Crippen molar-refractivity contribution in [2.24, 2.45) is 7.05 Å². The van der Waals surface area contributed by atoms with Crippen molar-refractivity contribution >= 4 is 49.6 Å². The van der Waals surface area contributed by atoms with Gasteiger partial charge in [-0.3, -0.25) is 32.0 Å². The van der Waals surface area contributed by atoms with Crippen molar-refractivity contribution in [2.45, 2.75) is 56.0 Å². The van der Waals surface area contributed by atoms with Crippen LogP contribution in [0.15, 0.2) is 30.0 Å². The molecule has 5 aromatic heterocycles. The van der Waals surface area contributed by atoms with Crippen LogP contribution in [0.3, 0.4) is 0 Å². The minimum Gasteiger partial charge on any atom is -0.387 e. The molecular weight excluding hydrogens is 698 g/mol. The van der Waals surface area contributed by atoms with Crippen molar-refractivity contribution in [1.29, 1.82) is 0 Å². The van der Waals surface area contributed by atoms with Crippen molar-refractivity contribution in [3.8, 4) is 0 Å². The van der Waals surface area contributed by atoms with E-state index in [1.54, 1.807) is 24.7 Å². The van der Waals surface area contributed by atoms with Crippen LogP contribution in [0.2, 0.25) is 0 Å². The van der Waals surface area contributed by atoms with E-state index < -0.39 is 83.5 Å². The molecule has 2 unspecified atom stereocenters. The molecule has 0 aromatic carbocycles. The lowest BCUT2D eigenvalue weighted by molar-refractivity contribution is -0.0672. The van der Waals surface area contributed by atoms with Crippen LogP contribution >= 0.6 is 15.6 Å². The number of anilines is 1. The van der Waals surface area contributed by atoms with Gasteiger partial charge < -0.3 is 39.8 Å². The lowest BCUT2D eigenvalue weighted by atomic mass is 10.1. The third kappa shape index (κ3) is 5.30. The van der Waals surface area contributed by atoms with Gasteiger partial charge in [-0.2, -0.15) is 4.98 Å². The minimum atomic E-state index is -5.10. The van der Waals surface area contributed by atoms with Crippen LogP contribution in [-0.2, 0) is 43.7 Å². The fourth-order valence-corrected chi connectivity index (χ4v) is 8.00. The highest BCUT2D eigenvalue weighted by Crippen LogP contribution is 2.53. The van der Waals surface area contributed by atoms with Crippen LogP contribution in [0, 0.1) is 6.92 Å². The number of phosphoric ester groups is 2. The Balaban J connectivity index is 1.12. The predicted octanol–water partition coefficient (Wildman–Crippen LogP) is -1.35. The first-order chi connectivity index (χ1) is 23.2. The Kier molecular flexibility index (Phi) is 7.57. The van der Waals surface area contributed by atoms with Gasteiger partial charge in [-0.25, -0.2) is 33.5 Å². The van der Waals surface area contributed by atoms with Crippen molar-refractivity contribution in [3.05, 3.63) is 41.2 Å². The van der Waals surface area contributed by atoms with E-state index in [1.165, 1.54) is 26.2 Å². The van der Waals surface area contributed by atoms with Crippen LogP contribution < -0.4 is 11.3 Å². The number of fused-ring (bicyclic) bond motifs is 6. The summed E-state index contributed by atoms with van der Waals surface area (Å²) in [5, 5.41) is 22.4. The molecule has 8 heterocycles. The quantitative estimate of drug-likeness (QED) is 0.131. The molecule has 8 rings (SSSR count). The maximum atomic E-state index is 13.3. The average molecular weight is 726 g/mol. The molecule has 3 fully saturated rings. The molecule has 0 amide bonds. The van der Waals surface area contributed by atoms with Crippen LogP contribution in [0.1, 0.15) is 18.1 Å². The van der Waals surface area contributed by atoms with E-state index in [0.29, 0.717) is 0 Å². The lowest BCUT2D eigenvalue weighted by Gasteiger charge is -2.25. The number of aromatic nitrogens is 9. The molecule has 0 spiro atoms. The second kappa shape index (κ2) is 11.4. The number of phosphoric acid groups is 2. The Hall–Kier alpha value is -3.70. The molecule has 10 atom stereocenters. The number of hydrogen-bond acceptors (Lipinski definition) is 17. The molecule has 5 aromatic rings. The summed E-state index contributed by atoms with van der Waals surface area (Å²) in [5.41, 5.74) is 6.34. The lowest BCUT2D eigenvalue weighted by Crippen LogP contribution is -2.36. The van der Waals surface area contributed by atoms with Gasteiger partial charge in [-0.05, 0) is 6.92 Å². The van der Waals surface area contributed by atoms with Gasteiger partial charge in [-0.15, -0.1) is 0 Å². The monoisotopic (exact) mass is 726 g/mol. The topological polar surface area (TPSA) is 297 Å². The summed E-state index contributed by atoms with van der Waals surface area (Å²) in [4.78, 5) is 55.4. The molecule has 3 aliphatic rings. The van der Waals surface area contributed by atoms with E-state index >= 15 is 0 Å². The van der Waals surface area contributed by atoms with E-state index in [1.807, 2.05) is 0 Å². The Morgan fingerprint density at radius 3 is 2.22 bits per heavy atom. The van der Waals surface area contributed by atoms with E-state index in [0.717, 1.165) is 12.0 Å². The zero-order chi connectivity index (χ0) is 34.6. The van der Waals surface area contributed by atoms with E-state index in [2.05, 4.69) is 24.9 Å². The zero-order valence-electron chi connectivity index (χ0n) is 25.3. The fourth-order valence-electron chi connectivity index (χ4n) is 6.11. The molecule has 0 aliphatic carbocycles. The number of aliphatic hydroxyl groups excluding tert-OH is 2. The van der Waals surface area contributed by atoms with Crippen LogP contribution in [-0.4, -0.2) is 113 Å². The van der Waals surface area contributed by atoms with Crippen LogP contribution in [0.4, 0.5) is 5.82 Å². The summed E-state index contributed by atoms with van der Waals surface area (Å²) >= 11 is 0. The predicted molar refractivity (Wildman–Crippen MR) is 159 cm³/mol. The van der Waals surface area contributed by atoms with Gasteiger partial charge >= 0.3 is 15.6 Å². The van der Waals surface area contributed by atoms with Gasteiger partial charge in [0, 0.05) is 18.9 Å². The molecular formula is C24H28N10O13P2. The van der Waals surface area contributed by atoms with Crippen molar-refractivity contribution in [3.63, 3.8) is 0 Å². The second-order valence-corrected chi connectivity index (χ2v) is 14.4.